The van der Waals surface area contributed by atoms with Crippen LogP contribution < -0.4 is 5.73 Å². The quantitative estimate of drug-likeness (QED) is 0.718. The summed E-state index contributed by atoms with van der Waals surface area (Å²) in [5.41, 5.74) is 4.69. The first-order valence-electron chi connectivity index (χ1n) is 4.02. The van der Waals surface area contributed by atoms with Gasteiger partial charge in [0.25, 0.3) is 0 Å². The molecule has 0 amide bonds. The predicted octanol–water partition coefficient (Wildman–Crippen LogP) is 1.48. The molecule has 78 valence electrons. The van der Waals surface area contributed by atoms with Gasteiger partial charge in [0.2, 0.25) is 0 Å². The van der Waals surface area contributed by atoms with Crippen molar-refractivity contribution < 1.29 is 18.3 Å². The van der Waals surface area contributed by atoms with E-state index >= 15 is 0 Å². The highest BCUT2D eigenvalue weighted by molar-refractivity contribution is 5.24. The molecule has 1 aromatic rings. The lowest BCUT2D eigenvalue weighted by molar-refractivity contribution is 0.160. The lowest BCUT2D eigenvalue weighted by Gasteiger charge is -2.16. The minimum Gasteiger partial charge on any atom is -0.391 e. The summed E-state index contributed by atoms with van der Waals surface area (Å²) in [6.07, 6.45) is -1.15. The van der Waals surface area contributed by atoms with Crippen LogP contribution in [0.2, 0.25) is 0 Å². The Morgan fingerprint density at radius 3 is 2.21 bits per heavy atom. The lowest BCUT2D eigenvalue weighted by atomic mass is 10.0. The molecule has 1 rings (SSSR count). The van der Waals surface area contributed by atoms with Crippen LogP contribution in [-0.4, -0.2) is 11.2 Å². The number of aliphatic hydroxyl groups excluding tert-OH is 1. The van der Waals surface area contributed by atoms with Crippen molar-refractivity contribution >= 4 is 0 Å². The number of benzene rings is 1. The molecule has 0 bridgehead atoms. The third-order valence-corrected chi connectivity index (χ3v) is 1.93. The zero-order valence-electron chi connectivity index (χ0n) is 7.47. The van der Waals surface area contributed by atoms with Gasteiger partial charge in [-0.25, -0.2) is 13.2 Å². The Labute approximate surface area is 79.2 Å². The van der Waals surface area contributed by atoms with Crippen LogP contribution in [0.1, 0.15) is 18.5 Å². The Morgan fingerprint density at radius 1 is 1.21 bits per heavy atom. The Hall–Kier alpha value is -1.07. The summed E-state index contributed by atoms with van der Waals surface area (Å²) in [6.45, 7) is 1.27. The zero-order valence-corrected chi connectivity index (χ0v) is 7.47. The van der Waals surface area contributed by atoms with Gasteiger partial charge in [0.1, 0.15) is 5.82 Å². The molecular formula is C9H10F3NO. The van der Waals surface area contributed by atoms with Crippen molar-refractivity contribution in [1.82, 2.24) is 0 Å². The molecule has 0 unspecified atom stereocenters. The van der Waals surface area contributed by atoms with Gasteiger partial charge in [-0.05, 0) is 19.1 Å². The maximum Gasteiger partial charge on any atom is 0.166 e. The van der Waals surface area contributed by atoms with Crippen LogP contribution in [0.5, 0.6) is 0 Å². The van der Waals surface area contributed by atoms with Crippen molar-refractivity contribution in [2.45, 2.75) is 19.1 Å². The predicted molar refractivity (Wildman–Crippen MR) is 44.9 cm³/mol. The van der Waals surface area contributed by atoms with Gasteiger partial charge in [-0.15, -0.1) is 0 Å². The average Bonchev–Trinajstić information content (AvgIpc) is 2.12. The van der Waals surface area contributed by atoms with Crippen molar-refractivity contribution in [3.8, 4) is 0 Å². The summed E-state index contributed by atoms with van der Waals surface area (Å²) in [5.74, 6) is -3.49. The van der Waals surface area contributed by atoms with Gasteiger partial charge < -0.3 is 10.8 Å². The Kier molecular flexibility index (Phi) is 3.13. The first-order chi connectivity index (χ1) is 6.45. The van der Waals surface area contributed by atoms with Gasteiger partial charge in [-0.2, -0.15) is 0 Å². The van der Waals surface area contributed by atoms with Gasteiger partial charge in [0, 0.05) is 5.56 Å². The lowest BCUT2D eigenvalue weighted by Crippen LogP contribution is -2.25. The molecule has 0 saturated heterocycles. The van der Waals surface area contributed by atoms with Gasteiger partial charge in [0.05, 0.1) is 12.1 Å². The molecule has 0 heterocycles. The van der Waals surface area contributed by atoms with Crippen molar-refractivity contribution in [2.75, 3.05) is 0 Å². The smallest absolute Gasteiger partial charge is 0.166 e. The summed E-state index contributed by atoms with van der Waals surface area (Å²) in [4.78, 5) is 0. The molecule has 0 aromatic heterocycles. The zero-order chi connectivity index (χ0) is 10.9. The Balaban J connectivity index is 3.25. The first-order valence-corrected chi connectivity index (χ1v) is 4.02. The van der Waals surface area contributed by atoms with Crippen molar-refractivity contribution in [1.29, 1.82) is 0 Å². The topological polar surface area (TPSA) is 46.2 Å². The standard InChI is InChI=1S/C9H10F3NO/c1-4(14)9(13)7-5(10)2-3-6(11)8(7)12/h2-4,9,14H,13H2,1H3/t4-,9-/m0/s1. The van der Waals surface area contributed by atoms with E-state index < -0.39 is 35.2 Å². The highest BCUT2D eigenvalue weighted by Crippen LogP contribution is 2.23. The highest BCUT2D eigenvalue weighted by atomic mass is 19.2. The number of hydrogen-bond acceptors (Lipinski definition) is 2. The van der Waals surface area contributed by atoms with Crippen LogP contribution in [0.25, 0.3) is 0 Å². The van der Waals surface area contributed by atoms with Crippen LogP contribution >= 0.6 is 0 Å². The molecule has 2 nitrogen and oxygen atoms in total. The summed E-state index contributed by atoms with van der Waals surface area (Å²) in [5, 5.41) is 9.03. The van der Waals surface area contributed by atoms with E-state index in [0.29, 0.717) is 6.07 Å². The fraction of sp³-hybridized carbons (Fsp3) is 0.333. The average molecular weight is 205 g/mol. The second-order valence-corrected chi connectivity index (χ2v) is 3.02. The summed E-state index contributed by atoms with van der Waals surface area (Å²) in [7, 11) is 0. The molecule has 0 aliphatic heterocycles. The van der Waals surface area contributed by atoms with Crippen molar-refractivity contribution in [2.24, 2.45) is 5.73 Å². The molecule has 1 aromatic carbocycles. The molecule has 0 saturated carbocycles. The van der Waals surface area contributed by atoms with E-state index in [0.717, 1.165) is 6.07 Å². The van der Waals surface area contributed by atoms with E-state index in [2.05, 4.69) is 0 Å². The molecule has 2 atom stereocenters. The number of aliphatic hydroxyl groups is 1. The maximum atomic E-state index is 13.1. The molecular weight excluding hydrogens is 195 g/mol. The highest BCUT2D eigenvalue weighted by Gasteiger charge is 2.22. The van der Waals surface area contributed by atoms with E-state index in [1.165, 1.54) is 6.92 Å². The van der Waals surface area contributed by atoms with Gasteiger partial charge in [-0.1, -0.05) is 0 Å². The van der Waals surface area contributed by atoms with Gasteiger partial charge in [0.15, 0.2) is 11.6 Å². The van der Waals surface area contributed by atoms with Gasteiger partial charge in [-0.3, -0.25) is 0 Å². The molecule has 14 heavy (non-hydrogen) atoms. The fourth-order valence-corrected chi connectivity index (χ4v) is 1.09. The molecule has 0 aliphatic rings. The fourth-order valence-electron chi connectivity index (χ4n) is 1.09. The van der Waals surface area contributed by atoms with Crippen molar-refractivity contribution in [3.63, 3.8) is 0 Å². The SMILES string of the molecule is C[C@H](O)[C@H](N)c1c(F)ccc(F)c1F. The number of hydrogen-bond donors (Lipinski definition) is 2. The number of nitrogens with two attached hydrogens (primary N) is 1. The third kappa shape index (κ3) is 1.88. The van der Waals surface area contributed by atoms with E-state index in [-0.39, 0.29) is 0 Å². The van der Waals surface area contributed by atoms with Crippen LogP contribution in [0, 0.1) is 17.5 Å². The van der Waals surface area contributed by atoms with Crippen LogP contribution in [-0.2, 0) is 0 Å². The minimum atomic E-state index is -1.35. The third-order valence-electron chi connectivity index (χ3n) is 1.93. The van der Waals surface area contributed by atoms with Crippen LogP contribution in [0.3, 0.4) is 0 Å². The molecule has 0 spiro atoms. The normalized spacial score (nSPS) is 15.3. The maximum absolute atomic E-state index is 13.1. The summed E-state index contributed by atoms with van der Waals surface area (Å²) < 4.78 is 38.8. The molecule has 0 aliphatic carbocycles. The van der Waals surface area contributed by atoms with Crippen LogP contribution in [0.15, 0.2) is 12.1 Å². The molecule has 0 radical (unpaired) electrons. The van der Waals surface area contributed by atoms with E-state index in [1.54, 1.807) is 0 Å². The van der Waals surface area contributed by atoms with E-state index in [1.807, 2.05) is 0 Å². The second kappa shape index (κ2) is 3.98. The van der Waals surface area contributed by atoms with Crippen molar-refractivity contribution in [3.05, 3.63) is 35.1 Å². The van der Waals surface area contributed by atoms with E-state index in [9.17, 15) is 13.2 Å². The van der Waals surface area contributed by atoms with Crippen LogP contribution in [0.4, 0.5) is 13.2 Å². The first kappa shape index (κ1) is 11.0. The molecule has 3 N–H and O–H groups in total. The summed E-state index contributed by atoms with van der Waals surface area (Å²) >= 11 is 0. The van der Waals surface area contributed by atoms with E-state index in [4.69, 9.17) is 10.8 Å². The molecule has 0 fully saturated rings. The summed E-state index contributed by atoms with van der Waals surface area (Å²) in [6, 6.07) is 0.171. The number of rotatable bonds is 2. The second-order valence-electron chi connectivity index (χ2n) is 3.02. The van der Waals surface area contributed by atoms with Gasteiger partial charge >= 0.3 is 0 Å². The number of halogens is 3. The Bertz CT molecular complexity index is 341. The monoisotopic (exact) mass is 205 g/mol. The Morgan fingerprint density at radius 2 is 1.71 bits per heavy atom. The molecule has 5 heteroatoms. The minimum absolute atomic E-state index is 0.625. The largest absolute Gasteiger partial charge is 0.391 e.